The van der Waals surface area contributed by atoms with E-state index in [2.05, 4.69) is 25.2 Å². The second-order valence-electron chi connectivity index (χ2n) is 8.54. The molecule has 2 atom stereocenters. The van der Waals surface area contributed by atoms with Gasteiger partial charge < -0.3 is 14.8 Å². The van der Waals surface area contributed by atoms with Gasteiger partial charge in [0.05, 0.1) is 6.20 Å². The zero-order valence-corrected chi connectivity index (χ0v) is 17.9. The van der Waals surface area contributed by atoms with Crippen LogP contribution in [0.2, 0.25) is 0 Å². The standard InChI is InChI=1S/C24H26N6O2/c31-23(28-9-3-5-19-4-1-2-8-26-19)20-6-7-21-18-12-17(15-30(21)24(20)32)14-29(16-18)22-13-25-10-11-27-22/h1-2,4,6-8,10-11,13,17-18H,3,5,9,12,14-16H2,(H,28,31)/t17-,18+/m0/s1. The Morgan fingerprint density at radius 3 is 2.81 bits per heavy atom. The van der Waals surface area contributed by atoms with Crippen molar-refractivity contribution in [3.05, 3.63) is 82.4 Å². The molecule has 1 N–H and O–H groups in total. The van der Waals surface area contributed by atoms with Crippen molar-refractivity contribution in [3.63, 3.8) is 0 Å². The lowest BCUT2D eigenvalue weighted by Crippen LogP contribution is -2.48. The molecule has 164 valence electrons. The van der Waals surface area contributed by atoms with Crippen molar-refractivity contribution in [1.29, 1.82) is 0 Å². The molecule has 1 saturated heterocycles. The number of aromatic nitrogens is 4. The van der Waals surface area contributed by atoms with Gasteiger partial charge >= 0.3 is 0 Å². The van der Waals surface area contributed by atoms with Crippen molar-refractivity contribution >= 4 is 11.7 Å². The van der Waals surface area contributed by atoms with Crippen LogP contribution in [0.4, 0.5) is 5.82 Å². The Labute approximate surface area is 186 Å². The van der Waals surface area contributed by atoms with Crippen molar-refractivity contribution in [3.8, 4) is 0 Å². The number of pyridine rings is 2. The number of nitrogens with zero attached hydrogens (tertiary/aromatic N) is 5. The van der Waals surface area contributed by atoms with Gasteiger partial charge in [-0.3, -0.25) is 19.6 Å². The van der Waals surface area contributed by atoms with Crippen LogP contribution in [0.5, 0.6) is 0 Å². The number of hydrogen-bond acceptors (Lipinski definition) is 6. The van der Waals surface area contributed by atoms with E-state index in [-0.39, 0.29) is 22.9 Å². The molecule has 0 aliphatic carbocycles. The zero-order chi connectivity index (χ0) is 21.9. The van der Waals surface area contributed by atoms with Gasteiger partial charge in [-0.15, -0.1) is 0 Å². The summed E-state index contributed by atoms with van der Waals surface area (Å²) >= 11 is 0. The molecule has 8 nitrogen and oxygen atoms in total. The first-order valence-corrected chi connectivity index (χ1v) is 11.1. The average molecular weight is 431 g/mol. The number of hydrogen-bond donors (Lipinski definition) is 1. The van der Waals surface area contributed by atoms with Crippen LogP contribution in [0.25, 0.3) is 0 Å². The van der Waals surface area contributed by atoms with Gasteiger partial charge in [0.1, 0.15) is 11.4 Å². The summed E-state index contributed by atoms with van der Waals surface area (Å²) in [6.45, 7) is 2.77. The first kappa shape index (κ1) is 20.4. The summed E-state index contributed by atoms with van der Waals surface area (Å²) in [5, 5.41) is 2.89. The maximum Gasteiger partial charge on any atom is 0.263 e. The molecule has 3 aromatic heterocycles. The minimum atomic E-state index is -0.303. The summed E-state index contributed by atoms with van der Waals surface area (Å²) in [4.78, 5) is 41.0. The number of rotatable bonds is 6. The van der Waals surface area contributed by atoms with Crippen molar-refractivity contribution in [2.75, 3.05) is 24.5 Å². The highest BCUT2D eigenvalue weighted by atomic mass is 16.2. The maximum absolute atomic E-state index is 13.1. The van der Waals surface area contributed by atoms with Crippen LogP contribution in [0.15, 0.2) is 59.9 Å². The van der Waals surface area contributed by atoms with E-state index in [1.807, 2.05) is 28.8 Å². The number of carbonyl (C=O) groups is 1. The number of aryl methyl sites for hydroxylation is 1. The average Bonchev–Trinajstić information content (AvgIpc) is 2.83. The number of anilines is 1. The largest absolute Gasteiger partial charge is 0.354 e. The molecule has 2 bridgehead atoms. The van der Waals surface area contributed by atoms with Crippen LogP contribution in [0, 0.1) is 5.92 Å². The third-order valence-corrected chi connectivity index (χ3v) is 6.34. The predicted molar refractivity (Wildman–Crippen MR) is 121 cm³/mol. The van der Waals surface area contributed by atoms with Crippen molar-refractivity contribution in [2.24, 2.45) is 5.92 Å². The molecule has 32 heavy (non-hydrogen) atoms. The SMILES string of the molecule is O=C(NCCCc1ccccn1)c1ccc2n(c1=O)C[C@H]1C[C@@H]2CN(c2cnccn2)C1. The highest BCUT2D eigenvalue weighted by Crippen LogP contribution is 2.36. The molecule has 0 radical (unpaired) electrons. The van der Waals surface area contributed by atoms with Gasteiger partial charge in [0.25, 0.3) is 11.5 Å². The van der Waals surface area contributed by atoms with E-state index in [1.165, 1.54) is 0 Å². The first-order valence-electron chi connectivity index (χ1n) is 11.1. The van der Waals surface area contributed by atoms with E-state index in [0.717, 1.165) is 49.6 Å². The van der Waals surface area contributed by atoms with E-state index < -0.39 is 0 Å². The fourth-order valence-electron chi connectivity index (χ4n) is 4.87. The van der Waals surface area contributed by atoms with Crippen molar-refractivity contribution in [1.82, 2.24) is 24.8 Å². The first-order chi connectivity index (χ1) is 15.7. The molecule has 2 aliphatic heterocycles. The molecule has 0 unspecified atom stereocenters. The lowest BCUT2D eigenvalue weighted by Gasteiger charge is -2.43. The number of amides is 1. The highest BCUT2D eigenvalue weighted by molar-refractivity contribution is 5.93. The molecule has 1 amide bonds. The number of piperidine rings is 1. The van der Waals surface area contributed by atoms with E-state index in [4.69, 9.17) is 0 Å². The van der Waals surface area contributed by atoms with Gasteiger partial charge in [0.15, 0.2) is 0 Å². The van der Waals surface area contributed by atoms with E-state index in [9.17, 15) is 9.59 Å². The fraction of sp³-hybridized carbons (Fsp3) is 0.375. The van der Waals surface area contributed by atoms with E-state index in [1.54, 1.807) is 30.9 Å². The molecule has 8 heteroatoms. The number of carbonyl (C=O) groups excluding carboxylic acids is 1. The second kappa shape index (κ2) is 8.90. The quantitative estimate of drug-likeness (QED) is 0.602. The van der Waals surface area contributed by atoms with Crippen LogP contribution in [-0.2, 0) is 13.0 Å². The Bertz CT molecular complexity index is 1150. The summed E-state index contributed by atoms with van der Waals surface area (Å²) in [5.74, 6) is 1.16. The maximum atomic E-state index is 13.1. The summed E-state index contributed by atoms with van der Waals surface area (Å²) in [6.07, 6.45) is 9.55. The Morgan fingerprint density at radius 2 is 2.00 bits per heavy atom. The molecule has 5 rings (SSSR count). The van der Waals surface area contributed by atoms with Crippen LogP contribution < -0.4 is 15.8 Å². The molecule has 3 aromatic rings. The molecule has 1 fully saturated rings. The van der Waals surface area contributed by atoms with Gasteiger partial charge in [-0.25, -0.2) is 4.98 Å². The normalized spacial score (nSPS) is 19.3. The fourth-order valence-corrected chi connectivity index (χ4v) is 4.87. The Hall–Kier alpha value is -3.55. The summed E-state index contributed by atoms with van der Waals surface area (Å²) in [6, 6.07) is 9.45. The van der Waals surface area contributed by atoms with Gasteiger partial charge in [0, 0.05) is 62.1 Å². The summed E-state index contributed by atoms with van der Waals surface area (Å²) in [5.41, 5.74) is 2.04. The number of fused-ring (bicyclic) bond motifs is 4. The second-order valence-corrected chi connectivity index (χ2v) is 8.54. The predicted octanol–water partition coefficient (Wildman–Crippen LogP) is 2.02. The third kappa shape index (κ3) is 4.12. The topological polar surface area (TPSA) is 93.0 Å². The number of nitrogens with one attached hydrogen (secondary N) is 1. The Morgan fingerprint density at radius 1 is 1.06 bits per heavy atom. The van der Waals surface area contributed by atoms with E-state index in [0.29, 0.717) is 19.0 Å². The summed E-state index contributed by atoms with van der Waals surface area (Å²) in [7, 11) is 0. The Kier molecular flexibility index (Phi) is 5.66. The summed E-state index contributed by atoms with van der Waals surface area (Å²) < 4.78 is 1.82. The van der Waals surface area contributed by atoms with Gasteiger partial charge in [-0.2, -0.15) is 0 Å². The van der Waals surface area contributed by atoms with Crippen molar-refractivity contribution in [2.45, 2.75) is 31.7 Å². The van der Waals surface area contributed by atoms with Crippen molar-refractivity contribution < 1.29 is 4.79 Å². The van der Waals surface area contributed by atoms with Crippen LogP contribution in [-0.4, -0.2) is 45.1 Å². The van der Waals surface area contributed by atoms with E-state index >= 15 is 0 Å². The molecule has 0 saturated carbocycles. The molecular formula is C24H26N6O2. The monoisotopic (exact) mass is 430 g/mol. The van der Waals surface area contributed by atoms with Crippen LogP contribution in [0.1, 0.15) is 40.5 Å². The van der Waals surface area contributed by atoms with Gasteiger partial charge in [-0.1, -0.05) is 6.07 Å². The molecular weight excluding hydrogens is 404 g/mol. The smallest absolute Gasteiger partial charge is 0.263 e. The van der Waals surface area contributed by atoms with Crippen LogP contribution in [0.3, 0.4) is 0 Å². The lowest BCUT2D eigenvalue weighted by molar-refractivity contribution is 0.0950. The highest BCUT2D eigenvalue weighted by Gasteiger charge is 2.35. The minimum Gasteiger partial charge on any atom is -0.354 e. The zero-order valence-electron chi connectivity index (χ0n) is 17.9. The molecule has 0 spiro atoms. The lowest BCUT2D eigenvalue weighted by atomic mass is 9.83. The Balaban J connectivity index is 1.26. The van der Waals surface area contributed by atoms with Gasteiger partial charge in [-0.05, 0) is 49.4 Å². The van der Waals surface area contributed by atoms with Crippen LogP contribution >= 0.6 is 0 Å². The van der Waals surface area contributed by atoms with Gasteiger partial charge in [0.2, 0.25) is 0 Å². The molecule has 2 aliphatic rings. The molecule has 0 aromatic carbocycles. The molecule has 5 heterocycles. The third-order valence-electron chi connectivity index (χ3n) is 6.34. The minimum absolute atomic E-state index is 0.188.